The number of nitrogens with one attached hydrogen (secondary N) is 2. The molecule has 1 aromatic rings. The number of hydrogen-bond donors (Lipinski definition) is 2. The number of amides is 1. The van der Waals surface area contributed by atoms with Crippen LogP contribution in [0.1, 0.15) is 37.0 Å². The lowest BCUT2D eigenvalue weighted by Gasteiger charge is -2.12. The molecule has 1 aliphatic rings. The van der Waals surface area contributed by atoms with Crippen molar-refractivity contribution in [1.82, 2.24) is 5.32 Å². The summed E-state index contributed by atoms with van der Waals surface area (Å²) in [6, 6.07) is 7.36. The van der Waals surface area contributed by atoms with E-state index in [4.69, 9.17) is 0 Å². The number of Topliss-reactive ketones (excluding diaryl/α,β-unsaturated/α-hetero) is 1. The van der Waals surface area contributed by atoms with E-state index >= 15 is 0 Å². The summed E-state index contributed by atoms with van der Waals surface area (Å²) >= 11 is 0. The Hall–Kier alpha value is -1.39. The first-order valence-electron chi connectivity index (χ1n) is 6.24. The molecule has 1 atom stereocenters. The second-order valence-corrected chi connectivity index (χ2v) is 4.79. The summed E-state index contributed by atoms with van der Waals surface area (Å²) in [7, 11) is 0. The lowest BCUT2D eigenvalue weighted by molar-refractivity contribution is -0.114. The Morgan fingerprint density at radius 3 is 2.26 bits per heavy atom. The van der Waals surface area contributed by atoms with Crippen LogP contribution in [0.2, 0.25) is 0 Å². The zero-order valence-corrected chi connectivity index (χ0v) is 11.9. The minimum Gasteiger partial charge on any atom is -0.326 e. The van der Waals surface area contributed by atoms with Crippen LogP contribution in [-0.4, -0.2) is 23.8 Å². The first kappa shape index (κ1) is 15.7. The molecule has 1 fully saturated rings. The Bertz CT molecular complexity index is 455. The second kappa shape index (κ2) is 6.68. The van der Waals surface area contributed by atoms with Gasteiger partial charge in [-0.3, -0.25) is 9.59 Å². The Balaban J connectivity index is 0.00000180. The highest BCUT2D eigenvalue weighted by Crippen LogP contribution is 2.20. The monoisotopic (exact) mass is 282 g/mol. The fourth-order valence-electron chi connectivity index (χ4n) is 1.85. The standard InChI is InChI=1S/C14H18N2O2.ClH/c1-9(15-12-7-8-12)14(18)11-3-5-13(6-4-11)16-10(2)17;/h3-6,9,12,15H,7-8H2,1-2H3,(H,16,17);1H. The van der Waals surface area contributed by atoms with Gasteiger partial charge in [-0.15, -0.1) is 12.4 Å². The van der Waals surface area contributed by atoms with Gasteiger partial charge in [0.15, 0.2) is 5.78 Å². The number of rotatable bonds is 5. The van der Waals surface area contributed by atoms with Crippen molar-refractivity contribution in [2.45, 2.75) is 38.8 Å². The van der Waals surface area contributed by atoms with Crippen LogP contribution in [0.25, 0.3) is 0 Å². The van der Waals surface area contributed by atoms with Gasteiger partial charge < -0.3 is 10.6 Å². The van der Waals surface area contributed by atoms with Crippen molar-refractivity contribution in [1.29, 1.82) is 0 Å². The third-order valence-corrected chi connectivity index (χ3v) is 2.95. The Kier molecular flexibility index (Phi) is 5.51. The van der Waals surface area contributed by atoms with Crippen LogP contribution >= 0.6 is 12.4 Å². The molecule has 1 unspecified atom stereocenters. The Labute approximate surface area is 119 Å². The number of carbonyl (C=O) groups is 2. The topological polar surface area (TPSA) is 58.2 Å². The van der Waals surface area contributed by atoms with Gasteiger partial charge in [-0.2, -0.15) is 0 Å². The molecule has 2 N–H and O–H groups in total. The maximum Gasteiger partial charge on any atom is 0.221 e. The quantitative estimate of drug-likeness (QED) is 0.815. The average Bonchev–Trinajstić information content (AvgIpc) is 3.12. The molecule has 1 saturated carbocycles. The van der Waals surface area contributed by atoms with Crippen molar-refractivity contribution in [2.24, 2.45) is 0 Å². The Morgan fingerprint density at radius 1 is 1.21 bits per heavy atom. The predicted molar refractivity (Wildman–Crippen MR) is 77.9 cm³/mol. The van der Waals surface area contributed by atoms with Crippen LogP contribution in [0.15, 0.2) is 24.3 Å². The van der Waals surface area contributed by atoms with E-state index in [2.05, 4.69) is 10.6 Å². The highest BCUT2D eigenvalue weighted by Gasteiger charge is 2.26. The average molecular weight is 283 g/mol. The molecular formula is C14H19ClN2O2. The SMILES string of the molecule is CC(=O)Nc1ccc(C(=O)C(C)NC2CC2)cc1.Cl. The molecule has 4 nitrogen and oxygen atoms in total. The van der Waals surface area contributed by atoms with E-state index in [9.17, 15) is 9.59 Å². The van der Waals surface area contributed by atoms with Crippen LogP contribution in [0.4, 0.5) is 5.69 Å². The number of halogens is 1. The van der Waals surface area contributed by atoms with Gasteiger partial charge in [0.05, 0.1) is 6.04 Å². The van der Waals surface area contributed by atoms with Crippen LogP contribution in [0.5, 0.6) is 0 Å². The lowest BCUT2D eigenvalue weighted by Crippen LogP contribution is -2.35. The molecule has 1 amide bonds. The van der Waals surface area contributed by atoms with Gasteiger partial charge in [0, 0.05) is 24.2 Å². The van der Waals surface area contributed by atoms with Crippen molar-refractivity contribution in [3.8, 4) is 0 Å². The summed E-state index contributed by atoms with van der Waals surface area (Å²) in [6.07, 6.45) is 2.33. The summed E-state index contributed by atoms with van der Waals surface area (Å²) in [5.41, 5.74) is 1.38. The van der Waals surface area contributed by atoms with Crippen LogP contribution < -0.4 is 10.6 Å². The van der Waals surface area contributed by atoms with Gasteiger partial charge in [0.1, 0.15) is 0 Å². The summed E-state index contributed by atoms with van der Waals surface area (Å²) < 4.78 is 0. The molecule has 0 saturated heterocycles. The highest BCUT2D eigenvalue weighted by atomic mass is 35.5. The molecule has 0 heterocycles. The summed E-state index contributed by atoms with van der Waals surface area (Å²) in [6.45, 7) is 3.35. The minimum atomic E-state index is -0.149. The number of anilines is 1. The molecule has 5 heteroatoms. The number of hydrogen-bond acceptors (Lipinski definition) is 3. The van der Waals surface area contributed by atoms with Gasteiger partial charge >= 0.3 is 0 Å². The van der Waals surface area contributed by atoms with Gasteiger partial charge in [0.2, 0.25) is 5.91 Å². The van der Waals surface area contributed by atoms with Crippen LogP contribution in [0.3, 0.4) is 0 Å². The van der Waals surface area contributed by atoms with E-state index < -0.39 is 0 Å². The van der Waals surface area contributed by atoms with Crippen molar-refractivity contribution in [3.63, 3.8) is 0 Å². The molecule has 0 aromatic heterocycles. The van der Waals surface area contributed by atoms with Gasteiger partial charge in [-0.1, -0.05) is 0 Å². The van der Waals surface area contributed by atoms with Crippen molar-refractivity contribution >= 4 is 29.8 Å². The lowest BCUT2D eigenvalue weighted by atomic mass is 10.0. The molecule has 0 bridgehead atoms. The number of ketones is 1. The zero-order valence-electron chi connectivity index (χ0n) is 11.1. The summed E-state index contributed by atoms with van der Waals surface area (Å²) in [5, 5.41) is 5.96. The largest absolute Gasteiger partial charge is 0.326 e. The van der Waals surface area contributed by atoms with Gasteiger partial charge in [0.25, 0.3) is 0 Å². The maximum atomic E-state index is 12.1. The smallest absolute Gasteiger partial charge is 0.221 e. The number of carbonyl (C=O) groups excluding carboxylic acids is 2. The normalized spacial score (nSPS) is 15.3. The van der Waals surface area contributed by atoms with Crippen molar-refractivity contribution < 1.29 is 9.59 Å². The third kappa shape index (κ3) is 4.65. The molecular weight excluding hydrogens is 264 g/mol. The first-order valence-corrected chi connectivity index (χ1v) is 6.24. The van der Waals surface area contributed by atoms with Crippen LogP contribution in [-0.2, 0) is 4.79 Å². The molecule has 0 radical (unpaired) electrons. The summed E-state index contributed by atoms with van der Waals surface area (Å²) in [4.78, 5) is 23.0. The maximum absolute atomic E-state index is 12.1. The van der Waals surface area contributed by atoms with E-state index in [1.165, 1.54) is 19.8 Å². The van der Waals surface area contributed by atoms with E-state index in [-0.39, 0.29) is 30.1 Å². The number of benzene rings is 1. The second-order valence-electron chi connectivity index (χ2n) is 4.79. The predicted octanol–water partition coefficient (Wildman–Crippen LogP) is 2.39. The molecule has 1 aromatic carbocycles. The van der Waals surface area contributed by atoms with E-state index in [0.29, 0.717) is 17.3 Å². The Morgan fingerprint density at radius 2 is 1.79 bits per heavy atom. The van der Waals surface area contributed by atoms with Crippen LogP contribution in [0, 0.1) is 0 Å². The molecule has 2 rings (SSSR count). The highest BCUT2D eigenvalue weighted by molar-refractivity contribution is 6.00. The molecule has 19 heavy (non-hydrogen) atoms. The first-order chi connectivity index (χ1) is 8.56. The minimum absolute atomic E-state index is 0. The zero-order chi connectivity index (χ0) is 13.1. The van der Waals surface area contributed by atoms with Crippen molar-refractivity contribution in [3.05, 3.63) is 29.8 Å². The van der Waals surface area contributed by atoms with E-state index in [1.807, 2.05) is 6.92 Å². The van der Waals surface area contributed by atoms with E-state index in [0.717, 1.165) is 0 Å². The summed E-state index contributed by atoms with van der Waals surface area (Å²) in [5.74, 6) is -0.0193. The fourth-order valence-corrected chi connectivity index (χ4v) is 1.85. The van der Waals surface area contributed by atoms with Crippen molar-refractivity contribution in [2.75, 3.05) is 5.32 Å². The third-order valence-electron chi connectivity index (χ3n) is 2.95. The fraction of sp³-hybridized carbons (Fsp3) is 0.429. The molecule has 1 aliphatic carbocycles. The molecule has 104 valence electrons. The van der Waals surface area contributed by atoms with Gasteiger partial charge in [-0.25, -0.2) is 0 Å². The van der Waals surface area contributed by atoms with Gasteiger partial charge in [-0.05, 0) is 44.0 Å². The molecule has 0 aliphatic heterocycles. The van der Waals surface area contributed by atoms with E-state index in [1.54, 1.807) is 24.3 Å². The molecule has 0 spiro atoms.